The molecule has 1 fully saturated rings. The van der Waals surface area contributed by atoms with Crippen LogP contribution in [0.5, 0.6) is 0 Å². The van der Waals surface area contributed by atoms with Crippen molar-refractivity contribution in [2.24, 2.45) is 10.2 Å². The minimum absolute atomic E-state index is 0.285. The van der Waals surface area contributed by atoms with Gasteiger partial charge in [-0.2, -0.15) is 5.21 Å². The minimum Gasteiger partial charge on any atom is -0.338 e. The largest absolute Gasteiger partial charge is 0.338 e. The summed E-state index contributed by atoms with van der Waals surface area (Å²) < 4.78 is 0. The number of hydrogen-bond acceptors (Lipinski definition) is 6. The highest BCUT2D eigenvalue weighted by Crippen LogP contribution is 2.51. The van der Waals surface area contributed by atoms with Crippen LogP contribution < -0.4 is 5.32 Å². The first-order chi connectivity index (χ1) is 9.56. The molecule has 8 heteroatoms. The van der Waals surface area contributed by atoms with Gasteiger partial charge in [-0.1, -0.05) is 5.21 Å². The minimum atomic E-state index is -0.738. The molecular formula is C12H11N7O. The quantitative estimate of drug-likeness (QED) is 0.848. The highest BCUT2D eigenvalue weighted by atomic mass is 16.2. The number of allylic oxidation sites excluding steroid dienone is 3. The zero-order valence-corrected chi connectivity index (χ0v) is 10.9. The van der Waals surface area contributed by atoms with Crippen LogP contribution in [-0.4, -0.2) is 26.5 Å². The molecule has 0 unspecified atom stereocenters. The van der Waals surface area contributed by atoms with E-state index < -0.39 is 5.54 Å². The average Bonchev–Trinajstić information content (AvgIpc) is 2.87. The maximum atomic E-state index is 12.4. The Morgan fingerprint density at radius 1 is 1.40 bits per heavy atom. The Morgan fingerprint density at radius 3 is 3.00 bits per heavy atom. The van der Waals surface area contributed by atoms with Gasteiger partial charge in [-0.05, 0) is 31.1 Å². The number of nitrogens with one attached hydrogen (secondary N) is 2. The second-order valence-corrected chi connectivity index (χ2v) is 5.45. The van der Waals surface area contributed by atoms with Gasteiger partial charge in [0, 0.05) is 12.0 Å². The van der Waals surface area contributed by atoms with Crippen molar-refractivity contribution in [2.75, 3.05) is 0 Å². The summed E-state index contributed by atoms with van der Waals surface area (Å²) in [5.41, 5.74) is 3.76. The first-order valence-corrected chi connectivity index (χ1v) is 6.23. The van der Waals surface area contributed by atoms with E-state index in [0.29, 0.717) is 11.5 Å². The van der Waals surface area contributed by atoms with Crippen LogP contribution in [0.4, 0.5) is 0 Å². The smallest absolute Gasteiger partial charge is 0.273 e. The lowest BCUT2D eigenvalue weighted by Gasteiger charge is -2.21. The standard InChI is InChI=1S/C12H11N7O/c1-12(2,11-16-18-19-17-11)13-10(20)9-7-4-5-3-6(5)8(7)14-15-9/h4H,3H2,1-2H3,(H,13,20)(H,16,17,18,19). The van der Waals surface area contributed by atoms with E-state index in [1.165, 1.54) is 11.1 Å². The molecule has 1 saturated carbocycles. The third-order valence-corrected chi connectivity index (χ3v) is 3.54. The molecular weight excluding hydrogens is 258 g/mol. The SMILES string of the molecule is CC(C)(NC(=O)C1=C2C=C3CC3=C2N=N1)c1nn[nH]n1. The monoisotopic (exact) mass is 269 g/mol. The summed E-state index contributed by atoms with van der Waals surface area (Å²) in [4.78, 5) is 12.4. The number of H-pyrrole nitrogens is 1. The third kappa shape index (κ3) is 1.47. The Bertz CT molecular complexity index is 749. The molecule has 1 aromatic heterocycles. The van der Waals surface area contributed by atoms with Gasteiger partial charge in [0.2, 0.25) is 0 Å². The Labute approximate surface area is 113 Å². The lowest BCUT2D eigenvalue weighted by molar-refractivity contribution is -0.119. The van der Waals surface area contributed by atoms with Crippen LogP contribution in [0.2, 0.25) is 0 Å². The van der Waals surface area contributed by atoms with Crippen LogP contribution in [0, 0.1) is 0 Å². The fraction of sp³-hybridized carbons (Fsp3) is 0.333. The van der Waals surface area contributed by atoms with Crippen LogP contribution >= 0.6 is 0 Å². The Hall–Kier alpha value is -2.64. The van der Waals surface area contributed by atoms with E-state index in [9.17, 15) is 4.79 Å². The van der Waals surface area contributed by atoms with Gasteiger partial charge in [-0.15, -0.1) is 20.4 Å². The normalized spacial score (nSPS) is 19.2. The lowest BCUT2D eigenvalue weighted by atomic mass is 10.0. The molecule has 3 aliphatic rings. The van der Waals surface area contributed by atoms with Gasteiger partial charge in [0.15, 0.2) is 11.5 Å². The van der Waals surface area contributed by atoms with E-state index >= 15 is 0 Å². The zero-order chi connectivity index (χ0) is 13.9. The number of fused-ring (bicyclic) bond motifs is 2. The maximum Gasteiger partial charge on any atom is 0.273 e. The van der Waals surface area contributed by atoms with Crippen molar-refractivity contribution in [1.82, 2.24) is 25.9 Å². The molecule has 100 valence electrons. The maximum absolute atomic E-state index is 12.4. The summed E-state index contributed by atoms with van der Waals surface area (Å²) in [5.74, 6) is 0.130. The van der Waals surface area contributed by atoms with Crippen LogP contribution in [0.3, 0.4) is 0 Å². The molecule has 0 spiro atoms. The van der Waals surface area contributed by atoms with Crippen molar-refractivity contribution in [1.29, 1.82) is 0 Å². The van der Waals surface area contributed by atoms with E-state index in [-0.39, 0.29) is 5.91 Å². The summed E-state index contributed by atoms with van der Waals surface area (Å²) in [5, 5.41) is 24.6. The molecule has 20 heavy (non-hydrogen) atoms. The predicted molar refractivity (Wildman–Crippen MR) is 67.0 cm³/mol. The number of tetrazole rings is 1. The molecule has 4 rings (SSSR count). The van der Waals surface area contributed by atoms with E-state index in [1.807, 2.05) is 6.08 Å². The van der Waals surface area contributed by atoms with E-state index in [4.69, 9.17) is 0 Å². The van der Waals surface area contributed by atoms with Gasteiger partial charge in [0.25, 0.3) is 5.91 Å². The van der Waals surface area contributed by atoms with Crippen molar-refractivity contribution in [3.63, 3.8) is 0 Å². The Kier molecular flexibility index (Phi) is 1.94. The molecule has 0 saturated heterocycles. The second kappa shape index (κ2) is 3.47. The van der Waals surface area contributed by atoms with Gasteiger partial charge >= 0.3 is 0 Å². The molecule has 1 aliphatic heterocycles. The van der Waals surface area contributed by atoms with Crippen LogP contribution in [0.1, 0.15) is 26.1 Å². The van der Waals surface area contributed by atoms with Gasteiger partial charge in [-0.3, -0.25) is 4.79 Å². The number of azo groups is 1. The highest BCUT2D eigenvalue weighted by Gasteiger charge is 2.39. The first kappa shape index (κ1) is 11.2. The molecule has 0 radical (unpaired) electrons. The van der Waals surface area contributed by atoms with E-state index in [0.717, 1.165) is 17.7 Å². The van der Waals surface area contributed by atoms with E-state index in [2.05, 4.69) is 36.2 Å². The average molecular weight is 269 g/mol. The molecule has 0 aromatic carbocycles. The summed E-state index contributed by atoms with van der Waals surface area (Å²) in [6, 6.07) is 0. The van der Waals surface area contributed by atoms with Crippen LogP contribution in [-0.2, 0) is 10.3 Å². The Morgan fingerprint density at radius 2 is 2.25 bits per heavy atom. The van der Waals surface area contributed by atoms with Crippen LogP contribution in [0.15, 0.2) is 44.4 Å². The predicted octanol–water partition coefficient (Wildman–Crippen LogP) is 0.869. The summed E-state index contributed by atoms with van der Waals surface area (Å²) >= 11 is 0. The molecule has 8 nitrogen and oxygen atoms in total. The highest BCUT2D eigenvalue weighted by molar-refractivity contribution is 5.97. The van der Waals surface area contributed by atoms with Crippen LogP contribution in [0.25, 0.3) is 0 Å². The summed E-state index contributed by atoms with van der Waals surface area (Å²) in [6.45, 7) is 3.61. The number of rotatable bonds is 3. The first-order valence-electron chi connectivity index (χ1n) is 6.23. The van der Waals surface area contributed by atoms with Gasteiger partial charge in [0.05, 0.1) is 11.2 Å². The molecule has 2 heterocycles. The van der Waals surface area contributed by atoms with Gasteiger partial charge in [0.1, 0.15) is 0 Å². The Balaban J connectivity index is 1.61. The topological polar surface area (TPSA) is 108 Å². The summed E-state index contributed by atoms with van der Waals surface area (Å²) in [7, 11) is 0. The summed E-state index contributed by atoms with van der Waals surface area (Å²) in [6.07, 6.45) is 2.96. The number of carbonyl (C=O) groups excluding carboxylic acids is 1. The lowest BCUT2D eigenvalue weighted by Crippen LogP contribution is -2.42. The molecule has 1 amide bonds. The van der Waals surface area contributed by atoms with Crippen molar-refractivity contribution < 1.29 is 4.79 Å². The van der Waals surface area contributed by atoms with Crippen molar-refractivity contribution in [2.45, 2.75) is 25.8 Å². The number of hydrogen-bond donors (Lipinski definition) is 2. The fourth-order valence-electron chi connectivity index (χ4n) is 2.37. The van der Waals surface area contributed by atoms with Crippen molar-refractivity contribution >= 4 is 5.91 Å². The number of amides is 1. The molecule has 0 bridgehead atoms. The molecule has 2 aliphatic carbocycles. The number of aromatic amines is 1. The third-order valence-electron chi connectivity index (χ3n) is 3.54. The van der Waals surface area contributed by atoms with Crippen molar-refractivity contribution in [3.05, 3.63) is 40.0 Å². The van der Waals surface area contributed by atoms with Gasteiger partial charge in [-0.25, -0.2) is 0 Å². The molecule has 1 aromatic rings. The fourth-order valence-corrected chi connectivity index (χ4v) is 2.37. The van der Waals surface area contributed by atoms with E-state index in [1.54, 1.807) is 13.8 Å². The number of carbonyl (C=O) groups is 1. The van der Waals surface area contributed by atoms with Gasteiger partial charge < -0.3 is 5.32 Å². The molecule has 0 atom stereocenters. The molecule has 2 N–H and O–H groups in total. The second-order valence-electron chi connectivity index (χ2n) is 5.45. The van der Waals surface area contributed by atoms with Crippen molar-refractivity contribution in [3.8, 4) is 0 Å². The zero-order valence-electron chi connectivity index (χ0n) is 10.9. The number of nitrogens with zero attached hydrogens (tertiary/aromatic N) is 5. The number of aromatic nitrogens is 4.